The molecule has 2 atom stereocenters. The summed E-state index contributed by atoms with van der Waals surface area (Å²) in [5.74, 6) is -1.45. The van der Waals surface area contributed by atoms with Gasteiger partial charge in [0, 0.05) is 5.92 Å². The number of alkyl carbamates (subject to hydrolysis) is 1. The van der Waals surface area contributed by atoms with Crippen LogP contribution in [-0.2, 0) is 9.53 Å². The summed E-state index contributed by atoms with van der Waals surface area (Å²) in [5, 5.41) is 11.8. The molecule has 0 aliphatic carbocycles. The second-order valence-electron chi connectivity index (χ2n) is 6.16. The maximum absolute atomic E-state index is 11.8. The lowest BCUT2D eigenvalue weighted by Crippen LogP contribution is -2.46. The van der Waals surface area contributed by atoms with Crippen LogP contribution in [0.4, 0.5) is 4.79 Å². The number of benzene rings is 1. The topological polar surface area (TPSA) is 75.6 Å². The van der Waals surface area contributed by atoms with E-state index < -0.39 is 23.7 Å². The largest absolute Gasteiger partial charge is 0.480 e. The number of carbonyl (C=O) groups is 2. The summed E-state index contributed by atoms with van der Waals surface area (Å²) in [6, 6.07) is 6.53. The molecule has 0 saturated heterocycles. The van der Waals surface area contributed by atoms with Gasteiger partial charge in [0.2, 0.25) is 0 Å². The van der Waals surface area contributed by atoms with Crippen molar-refractivity contribution in [3.63, 3.8) is 0 Å². The first-order chi connectivity index (χ1) is 9.60. The Kier molecular flexibility index (Phi) is 5.35. The highest BCUT2D eigenvalue weighted by Gasteiger charge is 2.29. The molecule has 1 aromatic carbocycles. The average Bonchev–Trinajstić information content (AvgIpc) is 2.33. The van der Waals surface area contributed by atoms with Gasteiger partial charge in [-0.15, -0.1) is 0 Å². The summed E-state index contributed by atoms with van der Waals surface area (Å²) in [7, 11) is 0. The predicted molar refractivity (Wildman–Crippen MR) is 80.4 cm³/mol. The molecule has 0 bridgehead atoms. The second kappa shape index (κ2) is 6.61. The number of hydrogen-bond donors (Lipinski definition) is 2. The van der Waals surface area contributed by atoms with E-state index in [1.807, 2.05) is 31.2 Å². The van der Waals surface area contributed by atoms with Gasteiger partial charge in [-0.05, 0) is 33.3 Å². The van der Waals surface area contributed by atoms with Crippen LogP contribution in [0.5, 0.6) is 0 Å². The minimum Gasteiger partial charge on any atom is -0.480 e. The van der Waals surface area contributed by atoms with Crippen LogP contribution < -0.4 is 5.32 Å². The van der Waals surface area contributed by atoms with Crippen LogP contribution in [0.1, 0.15) is 44.7 Å². The van der Waals surface area contributed by atoms with E-state index in [1.54, 1.807) is 27.7 Å². The van der Waals surface area contributed by atoms with E-state index >= 15 is 0 Å². The van der Waals surface area contributed by atoms with E-state index in [0.29, 0.717) is 0 Å². The lowest BCUT2D eigenvalue weighted by atomic mass is 9.93. The molecule has 5 heteroatoms. The van der Waals surface area contributed by atoms with Gasteiger partial charge in [0.1, 0.15) is 11.6 Å². The molecule has 2 N–H and O–H groups in total. The molecule has 0 aliphatic rings. The molecule has 1 amide bonds. The van der Waals surface area contributed by atoms with Gasteiger partial charge in [-0.2, -0.15) is 0 Å². The van der Waals surface area contributed by atoms with Gasteiger partial charge in [0.25, 0.3) is 0 Å². The minimum absolute atomic E-state index is 0.365. The molecule has 0 fully saturated rings. The Morgan fingerprint density at radius 1 is 1.19 bits per heavy atom. The number of carboxylic acids is 1. The summed E-state index contributed by atoms with van der Waals surface area (Å²) in [5.41, 5.74) is 1.28. The van der Waals surface area contributed by atoms with Crippen molar-refractivity contribution < 1.29 is 19.4 Å². The zero-order chi connectivity index (χ0) is 16.2. The Balaban J connectivity index is 2.84. The molecule has 0 unspecified atom stereocenters. The normalized spacial score (nSPS) is 14.1. The van der Waals surface area contributed by atoms with Gasteiger partial charge in [0.15, 0.2) is 0 Å². The quantitative estimate of drug-likeness (QED) is 0.894. The molecular formula is C16H23NO4. The SMILES string of the molecule is Cc1ccc([C@H](C)[C@H](NC(=O)OC(C)(C)C)C(=O)O)cc1. The maximum Gasteiger partial charge on any atom is 0.408 e. The van der Waals surface area contributed by atoms with Crippen molar-refractivity contribution in [2.24, 2.45) is 0 Å². The van der Waals surface area contributed by atoms with E-state index in [4.69, 9.17) is 4.74 Å². The first-order valence-electron chi connectivity index (χ1n) is 6.89. The Morgan fingerprint density at radius 2 is 1.71 bits per heavy atom. The van der Waals surface area contributed by atoms with Crippen LogP contribution in [0.15, 0.2) is 24.3 Å². The van der Waals surface area contributed by atoms with Crippen molar-refractivity contribution in [1.29, 1.82) is 0 Å². The summed E-state index contributed by atoms with van der Waals surface area (Å²) in [6.45, 7) is 8.91. The third-order valence-corrected chi connectivity index (χ3v) is 3.04. The fourth-order valence-electron chi connectivity index (χ4n) is 1.90. The van der Waals surface area contributed by atoms with Crippen LogP contribution in [0, 0.1) is 6.92 Å². The molecule has 0 saturated carbocycles. The number of carboxylic acid groups (broad SMARTS) is 1. The molecule has 5 nitrogen and oxygen atoms in total. The molecule has 1 rings (SSSR count). The minimum atomic E-state index is -1.09. The third-order valence-electron chi connectivity index (χ3n) is 3.04. The van der Waals surface area contributed by atoms with Crippen molar-refractivity contribution in [3.05, 3.63) is 35.4 Å². The monoisotopic (exact) mass is 293 g/mol. The highest BCUT2D eigenvalue weighted by atomic mass is 16.6. The lowest BCUT2D eigenvalue weighted by Gasteiger charge is -2.25. The van der Waals surface area contributed by atoms with Crippen molar-refractivity contribution in [1.82, 2.24) is 5.32 Å². The molecule has 21 heavy (non-hydrogen) atoms. The third kappa shape index (κ3) is 5.45. The first-order valence-corrected chi connectivity index (χ1v) is 6.89. The van der Waals surface area contributed by atoms with E-state index in [9.17, 15) is 14.7 Å². The van der Waals surface area contributed by atoms with Crippen LogP contribution in [0.2, 0.25) is 0 Å². The number of amides is 1. The molecule has 1 aromatic rings. The van der Waals surface area contributed by atoms with E-state index in [-0.39, 0.29) is 5.92 Å². The second-order valence-corrected chi connectivity index (χ2v) is 6.16. The van der Waals surface area contributed by atoms with Crippen LogP contribution in [0.3, 0.4) is 0 Å². The Labute approximate surface area is 125 Å². The summed E-state index contributed by atoms with van der Waals surface area (Å²) >= 11 is 0. The van der Waals surface area contributed by atoms with Crippen molar-refractivity contribution in [2.45, 2.75) is 52.2 Å². The number of carbonyl (C=O) groups excluding carboxylic acids is 1. The highest BCUT2D eigenvalue weighted by Crippen LogP contribution is 2.20. The zero-order valence-electron chi connectivity index (χ0n) is 13.1. The maximum atomic E-state index is 11.8. The number of rotatable bonds is 4. The Morgan fingerprint density at radius 3 is 2.14 bits per heavy atom. The van der Waals surface area contributed by atoms with Crippen LogP contribution >= 0.6 is 0 Å². The average molecular weight is 293 g/mol. The number of hydrogen-bond acceptors (Lipinski definition) is 3. The van der Waals surface area contributed by atoms with Gasteiger partial charge in [0.05, 0.1) is 0 Å². The van der Waals surface area contributed by atoms with Crippen molar-refractivity contribution in [2.75, 3.05) is 0 Å². The fourth-order valence-corrected chi connectivity index (χ4v) is 1.90. The van der Waals surface area contributed by atoms with Crippen LogP contribution in [0.25, 0.3) is 0 Å². The molecule has 116 valence electrons. The Bertz CT molecular complexity index is 502. The summed E-state index contributed by atoms with van der Waals surface area (Å²) in [6.07, 6.45) is -0.728. The fraction of sp³-hybridized carbons (Fsp3) is 0.500. The van der Waals surface area contributed by atoms with Gasteiger partial charge in [-0.1, -0.05) is 36.8 Å². The summed E-state index contributed by atoms with van der Waals surface area (Å²) in [4.78, 5) is 23.2. The summed E-state index contributed by atoms with van der Waals surface area (Å²) < 4.78 is 5.11. The first kappa shape index (κ1) is 17.0. The van der Waals surface area contributed by atoms with Gasteiger partial charge in [-0.3, -0.25) is 0 Å². The molecule has 0 radical (unpaired) electrons. The number of aliphatic carboxylic acids is 1. The highest BCUT2D eigenvalue weighted by molar-refractivity contribution is 5.81. The van der Waals surface area contributed by atoms with Crippen LogP contribution in [-0.4, -0.2) is 28.8 Å². The molecule has 0 aromatic heterocycles. The molecular weight excluding hydrogens is 270 g/mol. The van der Waals surface area contributed by atoms with E-state index in [0.717, 1.165) is 11.1 Å². The predicted octanol–water partition coefficient (Wildman–Crippen LogP) is 3.08. The van der Waals surface area contributed by atoms with Gasteiger partial charge >= 0.3 is 12.1 Å². The van der Waals surface area contributed by atoms with Crippen molar-refractivity contribution in [3.8, 4) is 0 Å². The van der Waals surface area contributed by atoms with Gasteiger partial charge in [-0.25, -0.2) is 9.59 Å². The smallest absolute Gasteiger partial charge is 0.408 e. The lowest BCUT2D eigenvalue weighted by molar-refractivity contribution is -0.140. The molecule has 0 heterocycles. The van der Waals surface area contributed by atoms with E-state index in [1.165, 1.54) is 0 Å². The zero-order valence-corrected chi connectivity index (χ0v) is 13.1. The van der Waals surface area contributed by atoms with Gasteiger partial charge < -0.3 is 15.2 Å². The standard InChI is InChI=1S/C16H23NO4/c1-10-6-8-12(9-7-10)11(2)13(14(18)19)17-15(20)21-16(3,4)5/h6-9,11,13H,1-5H3,(H,17,20)(H,18,19)/t11-,13-/m0/s1. The Hall–Kier alpha value is -2.04. The molecule has 0 aliphatic heterocycles. The number of aryl methyl sites for hydroxylation is 1. The van der Waals surface area contributed by atoms with E-state index in [2.05, 4.69) is 5.32 Å². The number of ether oxygens (including phenoxy) is 1. The number of nitrogens with one attached hydrogen (secondary N) is 1. The molecule has 0 spiro atoms. The van der Waals surface area contributed by atoms with Crippen molar-refractivity contribution >= 4 is 12.1 Å².